The Kier molecular flexibility index (Phi) is 6.47. The molecule has 2 heterocycles. The number of amides is 2. The Hall–Kier alpha value is -4.86. The second-order valence-electron chi connectivity index (χ2n) is 9.23. The summed E-state index contributed by atoms with van der Waals surface area (Å²) in [6, 6.07) is 18.0. The summed E-state index contributed by atoms with van der Waals surface area (Å²) in [7, 11) is 0. The molecule has 5 rings (SSSR count). The highest BCUT2D eigenvalue weighted by Crippen LogP contribution is 2.33. The second-order valence-corrected chi connectivity index (χ2v) is 9.23. The summed E-state index contributed by atoms with van der Waals surface area (Å²) in [6.45, 7) is 2.91. The maximum absolute atomic E-state index is 14.1. The Labute approximate surface area is 222 Å². The van der Waals surface area contributed by atoms with Crippen molar-refractivity contribution in [2.45, 2.75) is 26.2 Å². The van der Waals surface area contributed by atoms with Crippen LogP contribution in [-0.2, 0) is 15.5 Å². The number of halogens is 2. The maximum atomic E-state index is 14.1. The van der Waals surface area contributed by atoms with Gasteiger partial charge in [0, 0.05) is 34.8 Å². The standard InChI is InChI=1S/C29H24F2N4O4/c1-3-29(30,31)20-5-4-6-21(15-20)32-26(37)25-17(2)33-35(28(25)39)22-10-7-18-13-14-34(24(18)16-22)27(38)19-8-11-23(36)12-9-19/h4-16,25,36H,3H2,1-2H3,(H,32,37). The van der Waals surface area contributed by atoms with Gasteiger partial charge >= 0.3 is 0 Å². The molecule has 0 saturated heterocycles. The van der Waals surface area contributed by atoms with Gasteiger partial charge in [-0.1, -0.05) is 25.1 Å². The van der Waals surface area contributed by atoms with Crippen LogP contribution < -0.4 is 10.3 Å². The highest BCUT2D eigenvalue weighted by Gasteiger charge is 2.40. The molecule has 3 aromatic carbocycles. The molecule has 0 radical (unpaired) electrons. The van der Waals surface area contributed by atoms with Gasteiger partial charge in [-0.3, -0.25) is 19.0 Å². The van der Waals surface area contributed by atoms with Crippen LogP contribution in [0.2, 0.25) is 0 Å². The maximum Gasteiger partial charge on any atom is 0.273 e. The van der Waals surface area contributed by atoms with E-state index in [4.69, 9.17) is 0 Å². The quantitative estimate of drug-likeness (QED) is 0.321. The fraction of sp³-hybridized carbons (Fsp3) is 0.172. The fourth-order valence-electron chi connectivity index (χ4n) is 4.46. The van der Waals surface area contributed by atoms with Crippen LogP contribution in [-0.4, -0.2) is 33.1 Å². The molecule has 8 nitrogen and oxygen atoms in total. The summed E-state index contributed by atoms with van der Waals surface area (Å²) < 4.78 is 29.7. The number of benzene rings is 3. The van der Waals surface area contributed by atoms with Gasteiger partial charge < -0.3 is 10.4 Å². The topological polar surface area (TPSA) is 104 Å². The molecule has 10 heteroatoms. The molecule has 0 spiro atoms. The minimum Gasteiger partial charge on any atom is -0.508 e. The molecule has 198 valence electrons. The van der Waals surface area contributed by atoms with E-state index < -0.39 is 23.7 Å². The lowest BCUT2D eigenvalue weighted by molar-refractivity contribution is -0.127. The van der Waals surface area contributed by atoms with Crippen molar-refractivity contribution in [2.24, 2.45) is 11.0 Å². The lowest BCUT2D eigenvalue weighted by atomic mass is 10.0. The summed E-state index contributed by atoms with van der Waals surface area (Å²) >= 11 is 0. The van der Waals surface area contributed by atoms with E-state index in [1.165, 1.54) is 60.0 Å². The molecule has 0 fully saturated rings. The van der Waals surface area contributed by atoms with Gasteiger partial charge in [0.2, 0.25) is 5.91 Å². The van der Waals surface area contributed by atoms with Gasteiger partial charge in [-0.05, 0) is 61.5 Å². The van der Waals surface area contributed by atoms with Crippen LogP contribution in [0.3, 0.4) is 0 Å². The van der Waals surface area contributed by atoms with Gasteiger partial charge in [0.15, 0.2) is 5.92 Å². The normalized spacial score (nSPS) is 15.5. The van der Waals surface area contributed by atoms with Gasteiger partial charge in [-0.15, -0.1) is 0 Å². The van der Waals surface area contributed by atoms with Gasteiger partial charge in [0.1, 0.15) is 5.75 Å². The Morgan fingerprint density at radius 3 is 2.51 bits per heavy atom. The summed E-state index contributed by atoms with van der Waals surface area (Å²) in [4.78, 5) is 39.4. The molecule has 1 unspecified atom stereocenters. The molecule has 4 aromatic rings. The number of nitrogens with one attached hydrogen (secondary N) is 1. The SMILES string of the molecule is CCC(F)(F)c1cccc(NC(=O)C2C(=O)N(c3ccc4ccn(C(=O)c5ccc(O)cc5)c4c3)N=C2C)c1. The number of rotatable bonds is 6. The number of carbonyl (C=O) groups excluding carboxylic acids is 3. The van der Waals surface area contributed by atoms with E-state index in [-0.39, 0.29) is 35.0 Å². The highest BCUT2D eigenvalue weighted by molar-refractivity contribution is 6.29. The average molecular weight is 531 g/mol. The minimum absolute atomic E-state index is 0.0390. The number of aromatic nitrogens is 1. The molecular weight excluding hydrogens is 506 g/mol. The number of phenolic OH excluding ortho intramolecular Hbond substituents is 1. The number of alkyl halides is 2. The molecule has 1 aliphatic heterocycles. The number of fused-ring (bicyclic) bond motifs is 1. The molecule has 0 bridgehead atoms. The van der Waals surface area contributed by atoms with Crippen LogP contribution in [0.15, 0.2) is 84.1 Å². The van der Waals surface area contributed by atoms with Crippen molar-refractivity contribution < 1.29 is 28.3 Å². The van der Waals surface area contributed by atoms with Crippen LogP contribution in [0, 0.1) is 5.92 Å². The molecule has 0 saturated carbocycles. The summed E-state index contributed by atoms with van der Waals surface area (Å²) in [5, 5.41) is 18.2. The third-order valence-corrected chi connectivity index (χ3v) is 6.64. The van der Waals surface area contributed by atoms with Crippen LogP contribution in [0.25, 0.3) is 10.9 Å². The first-order chi connectivity index (χ1) is 18.6. The van der Waals surface area contributed by atoms with Crippen molar-refractivity contribution in [3.05, 3.63) is 90.1 Å². The van der Waals surface area contributed by atoms with Crippen LogP contribution >= 0.6 is 0 Å². The van der Waals surface area contributed by atoms with Gasteiger partial charge in [0.05, 0.1) is 16.9 Å². The van der Waals surface area contributed by atoms with Crippen LogP contribution in [0.5, 0.6) is 5.75 Å². The first kappa shape index (κ1) is 25.8. The monoisotopic (exact) mass is 530 g/mol. The van der Waals surface area contributed by atoms with Crippen molar-refractivity contribution in [1.82, 2.24) is 4.57 Å². The molecule has 39 heavy (non-hydrogen) atoms. The third kappa shape index (κ3) is 4.76. The smallest absolute Gasteiger partial charge is 0.273 e. The number of nitrogens with zero attached hydrogens (tertiary/aromatic N) is 3. The number of phenols is 1. The highest BCUT2D eigenvalue weighted by atomic mass is 19.3. The van der Waals surface area contributed by atoms with E-state index in [2.05, 4.69) is 10.4 Å². The molecule has 1 aromatic heterocycles. The number of hydrazone groups is 1. The number of anilines is 2. The fourth-order valence-corrected chi connectivity index (χ4v) is 4.46. The zero-order chi connectivity index (χ0) is 27.9. The average Bonchev–Trinajstić information content (AvgIpc) is 3.48. The molecule has 0 aliphatic carbocycles. The van der Waals surface area contributed by atoms with Crippen molar-refractivity contribution in [3.8, 4) is 5.75 Å². The van der Waals surface area contributed by atoms with E-state index >= 15 is 0 Å². The Morgan fingerprint density at radius 1 is 1.05 bits per heavy atom. The number of hydrogen-bond acceptors (Lipinski definition) is 5. The van der Waals surface area contributed by atoms with Crippen molar-refractivity contribution in [3.63, 3.8) is 0 Å². The molecular formula is C29H24F2N4O4. The number of hydrogen-bond donors (Lipinski definition) is 2. The Balaban J connectivity index is 1.39. The molecule has 1 aliphatic rings. The molecule has 2 amide bonds. The van der Waals surface area contributed by atoms with E-state index in [9.17, 15) is 28.3 Å². The minimum atomic E-state index is -3.04. The lowest BCUT2D eigenvalue weighted by Crippen LogP contribution is -2.36. The lowest BCUT2D eigenvalue weighted by Gasteiger charge is -2.17. The predicted molar refractivity (Wildman–Crippen MR) is 143 cm³/mol. The predicted octanol–water partition coefficient (Wildman–Crippen LogP) is 5.51. The van der Waals surface area contributed by atoms with E-state index in [1.54, 1.807) is 37.4 Å². The van der Waals surface area contributed by atoms with Crippen molar-refractivity contribution in [2.75, 3.05) is 10.3 Å². The first-order valence-corrected chi connectivity index (χ1v) is 12.2. The van der Waals surface area contributed by atoms with Crippen LogP contribution in [0.1, 0.15) is 36.2 Å². The molecule has 1 atom stereocenters. The van der Waals surface area contributed by atoms with E-state index in [0.717, 1.165) is 10.4 Å². The van der Waals surface area contributed by atoms with Crippen molar-refractivity contribution in [1.29, 1.82) is 0 Å². The van der Waals surface area contributed by atoms with Gasteiger partial charge in [-0.2, -0.15) is 10.1 Å². The summed E-state index contributed by atoms with van der Waals surface area (Å²) in [5.74, 6) is -5.88. The van der Waals surface area contributed by atoms with Crippen LogP contribution in [0.4, 0.5) is 20.2 Å². The zero-order valence-corrected chi connectivity index (χ0v) is 21.1. The van der Waals surface area contributed by atoms with E-state index in [0.29, 0.717) is 16.8 Å². The van der Waals surface area contributed by atoms with Crippen molar-refractivity contribution >= 4 is 45.7 Å². The van der Waals surface area contributed by atoms with Gasteiger partial charge in [0.25, 0.3) is 17.7 Å². The third-order valence-electron chi connectivity index (χ3n) is 6.64. The summed E-state index contributed by atoms with van der Waals surface area (Å²) in [6.07, 6.45) is 1.22. The second kappa shape index (κ2) is 9.79. The van der Waals surface area contributed by atoms with Gasteiger partial charge in [-0.25, -0.2) is 8.78 Å². The molecule has 2 N–H and O–H groups in total. The number of aromatic hydroxyl groups is 1. The Bertz CT molecular complexity index is 1640. The number of carbonyl (C=O) groups is 3. The Morgan fingerprint density at radius 2 is 1.79 bits per heavy atom. The largest absolute Gasteiger partial charge is 0.508 e. The van der Waals surface area contributed by atoms with E-state index in [1.807, 2.05) is 0 Å². The zero-order valence-electron chi connectivity index (χ0n) is 21.1. The first-order valence-electron chi connectivity index (χ1n) is 12.2. The summed E-state index contributed by atoms with van der Waals surface area (Å²) in [5.41, 5.74) is 1.39.